The highest BCUT2D eigenvalue weighted by Crippen LogP contribution is 2.09. The molecule has 0 bridgehead atoms. The first kappa shape index (κ1) is 16.5. The Balaban J connectivity index is 2.18. The SMILES string of the molecule is CN(C)C(C#Cc1ccc(Cl)cc1)C#Cc1ccc(Cl)cc1. The summed E-state index contributed by atoms with van der Waals surface area (Å²) in [5.74, 6) is 12.6. The summed E-state index contributed by atoms with van der Waals surface area (Å²) in [6, 6.07) is 14.8. The summed E-state index contributed by atoms with van der Waals surface area (Å²) in [6.07, 6.45) is 0. The van der Waals surface area contributed by atoms with Gasteiger partial charge in [0.15, 0.2) is 0 Å². The average Bonchev–Trinajstić information content (AvgIpc) is 2.50. The van der Waals surface area contributed by atoms with Crippen LogP contribution in [0.15, 0.2) is 48.5 Å². The summed E-state index contributed by atoms with van der Waals surface area (Å²) in [5.41, 5.74) is 1.84. The van der Waals surface area contributed by atoms with Gasteiger partial charge in [0.05, 0.1) is 0 Å². The molecule has 3 heteroatoms. The minimum absolute atomic E-state index is 0.147. The smallest absolute Gasteiger partial charge is 0.134 e. The van der Waals surface area contributed by atoms with Crippen molar-refractivity contribution in [3.05, 3.63) is 69.7 Å². The summed E-state index contributed by atoms with van der Waals surface area (Å²) in [6.45, 7) is 0. The number of rotatable bonds is 1. The van der Waals surface area contributed by atoms with Crippen LogP contribution in [0.4, 0.5) is 0 Å². The van der Waals surface area contributed by atoms with Crippen molar-refractivity contribution in [1.29, 1.82) is 0 Å². The summed E-state index contributed by atoms with van der Waals surface area (Å²) in [4.78, 5) is 1.98. The molecule has 0 fully saturated rings. The van der Waals surface area contributed by atoms with Crippen molar-refractivity contribution < 1.29 is 0 Å². The largest absolute Gasteiger partial charge is 0.286 e. The van der Waals surface area contributed by atoms with Crippen LogP contribution in [0.3, 0.4) is 0 Å². The van der Waals surface area contributed by atoms with Crippen molar-refractivity contribution in [3.8, 4) is 23.7 Å². The second kappa shape index (κ2) is 7.92. The molecule has 0 saturated heterocycles. The van der Waals surface area contributed by atoms with E-state index < -0.39 is 0 Å². The number of benzene rings is 2. The zero-order valence-electron chi connectivity index (χ0n) is 12.4. The predicted molar refractivity (Wildman–Crippen MR) is 94.1 cm³/mol. The Labute approximate surface area is 141 Å². The Morgan fingerprint density at radius 1 is 0.727 bits per heavy atom. The highest BCUT2D eigenvalue weighted by Gasteiger charge is 2.02. The number of hydrogen-bond acceptors (Lipinski definition) is 1. The number of nitrogens with zero attached hydrogens (tertiary/aromatic N) is 1. The van der Waals surface area contributed by atoms with E-state index in [1.165, 1.54) is 0 Å². The average molecular weight is 328 g/mol. The molecule has 0 saturated carbocycles. The van der Waals surface area contributed by atoms with Gasteiger partial charge in [-0.25, -0.2) is 0 Å². The number of halogens is 2. The van der Waals surface area contributed by atoms with Crippen LogP contribution >= 0.6 is 23.2 Å². The van der Waals surface area contributed by atoms with Gasteiger partial charge >= 0.3 is 0 Å². The van der Waals surface area contributed by atoms with E-state index in [1.807, 2.05) is 67.5 Å². The maximum atomic E-state index is 5.87. The van der Waals surface area contributed by atoms with Crippen LogP contribution in [0.2, 0.25) is 10.0 Å². The fourth-order valence-electron chi connectivity index (χ4n) is 1.66. The lowest BCUT2D eigenvalue weighted by molar-refractivity contribution is 0.409. The molecule has 110 valence electrons. The fraction of sp³-hybridized carbons (Fsp3) is 0.158. The van der Waals surface area contributed by atoms with E-state index in [0.29, 0.717) is 10.0 Å². The Morgan fingerprint density at radius 3 is 1.41 bits per heavy atom. The molecule has 22 heavy (non-hydrogen) atoms. The van der Waals surface area contributed by atoms with Gasteiger partial charge in [-0.2, -0.15) is 0 Å². The van der Waals surface area contributed by atoms with Crippen LogP contribution in [0.1, 0.15) is 11.1 Å². The lowest BCUT2D eigenvalue weighted by Gasteiger charge is -2.12. The minimum Gasteiger partial charge on any atom is -0.286 e. The molecule has 0 heterocycles. The summed E-state index contributed by atoms with van der Waals surface area (Å²) in [5, 5.41) is 1.41. The third kappa shape index (κ3) is 5.14. The maximum absolute atomic E-state index is 5.87. The van der Waals surface area contributed by atoms with E-state index in [1.54, 1.807) is 0 Å². The first-order valence-electron chi connectivity index (χ1n) is 6.75. The van der Waals surface area contributed by atoms with Gasteiger partial charge in [0.2, 0.25) is 0 Å². The van der Waals surface area contributed by atoms with Crippen LogP contribution in [0.5, 0.6) is 0 Å². The van der Waals surface area contributed by atoms with Gasteiger partial charge in [0.25, 0.3) is 0 Å². The monoisotopic (exact) mass is 327 g/mol. The Hall–Kier alpha value is -1.90. The van der Waals surface area contributed by atoms with Crippen molar-refractivity contribution in [2.75, 3.05) is 14.1 Å². The minimum atomic E-state index is -0.147. The van der Waals surface area contributed by atoms with Gasteiger partial charge in [-0.15, -0.1) is 0 Å². The molecule has 0 aliphatic rings. The van der Waals surface area contributed by atoms with Crippen molar-refractivity contribution in [2.45, 2.75) is 6.04 Å². The van der Waals surface area contributed by atoms with Gasteiger partial charge in [-0.05, 0) is 62.6 Å². The van der Waals surface area contributed by atoms with Gasteiger partial charge < -0.3 is 0 Å². The third-order valence-corrected chi connectivity index (χ3v) is 3.42. The van der Waals surface area contributed by atoms with Crippen LogP contribution in [-0.2, 0) is 0 Å². The summed E-state index contributed by atoms with van der Waals surface area (Å²) in [7, 11) is 3.91. The standard InChI is InChI=1S/C19H15Cl2N/c1-22(2)19(13-7-15-3-9-17(20)10-4-15)14-8-16-5-11-18(21)12-6-16/h3-6,9-12,19H,1-2H3. The molecule has 0 aliphatic heterocycles. The maximum Gasteiger partial charge on any atom is 0.134 e. The molecule has 1 nitrogen and oxygen atoms in total. The zero-order chi connectivity index (χ0) is 15.9. The Kier molecular flexibility index (Phi) is 5.93. The third-order valence-electron chi connectivity index (χ3n) is 2.91. The van der Waals surface area contributed by atoms with Crippen molar-refractivity contribution >= 4 is 23.2 Å². The summed E-state index contributed by atoms with van der Waals surface area (Å²) >= 11 is 11.7. The predicted octanol–water partition coefficient (Wildman–Crippen LogP) is 4.33. The Bertz CT molecular complexity index is 675. The normalized spacial score (nSPS) is 9.91. The summed E-state index contributed by atoms with van der Waals surface area (Å²) < 4.78 is 0. The van der Waals surface area contributed by atoms with E-state index in [0.717, 1.165) is 11.1 Å². The molecule has 0 amide bonds. The lowest BCUT2D eigenvalue weighted by atomic mass is 10.2. The molecule has 0 atom stereocenters. The van der Waals surface area contributed by atoms with E-state index in [9.17, 15) is 0 Å². The molecule has 2 aromatic rings. The first-order valence-corrected chi connectivity index (χ1v) is 7.51. The second-order valence-corrected chi connectivity index (χ2v) is 5.79. The van der Waals surface area contributed by atoms with Gasteiger partial charge in [-0.1, -0.05) is 46.9 Å². The molecule has 2 aromatic carbocycles. The highest BCUT2D eigenvalue weighted by atomic mass is 35.5. The topological polar surface area (TPSA) is 3.24 Å². The number of hydrogen-bond donors (Lipinski definition) is 0. The molecule has 0 radical (unpaired) electrons. The van der Waals surface area contributed by atoms with Crippen molar-refractivity contribution in [1.82, 2.24) is 4.90 Å². The van der Waals surface area contributed by atoms with Gasteiger partial charge in [-0.3, -0.25) is 4.90 Å². The molecule has 0 aliphatic carbocycles. The molecule has 0 unspecified atom stereocenters. The van der Waals surface area contributed by atoms with Crippen LogP contribution in [-0.4, -0.2) is 25.0 Å². The van der Waals surface area contributed by atoms with Crippen molar-refractivity contribution in [2.24, 2.45) is 0 Å². The molecular formula is C19H15Cl2N. The highest BCUT2D eigenvalue weighted by molar-refractivity contribution is 6.30. The quantitative estimate of drug-likeness (QED) is 0.705. The second-order valence-electron chi connectivity index (χ2n) is 4.92. The van der Waals surface area contributed by atoms with Crippen LogP contribution < -0.4 is 0 Å². The van der Waals surface area contributed by atoms with Crippen LogP contribution in [0.25, 0.3) is 0 Å². The van der Waals surface area contributed by atoms with Crippen molar-refractivity contribution in [3.63, 3.8) is 0 Å². The van der Waals surface area contributed by atoms with E-state index >= 15 is 0 Å². The lowest BCUT2D eigenvalue weighted by Crippen LogP contribution is -2.24. The fourth-order valence-corrected chi connectivity index (χ4v) is 1.92. The van der Waals surface area contributed by atoms with Crippen LogP contribution in [0, 0.1) is 23.7 Å². The molecule has 2 rings (SSSR count). The van der Waals surface area contributed by atoms with E-state index in [4.69, 9.17) is 23.2 Å². The van der Waals surface area contributed by atoms with Gasteiger partial charge in [0.1, 0.15) is 6.04 Å². The molecular weight excluding hydrogens is 313 g/mol. The molecule has 0 N–H and O–H groups in total. The molecule has 0 spiro atoms. The van der Waals surface area contributed by atoms with E-state index in [-0.39, 0.29) is 6.04 Å². The first-order chi connectivity index (χ1) is 10.5. The molecule has 0 aromatic heterocycles. The zero-order valence-corrected chi connectivity index (χ0v) is 13.9. The Morgan fingerprint density at radius 2 is 1.09 bits per heavy atom. The van der Waals surface area contributed by atoms with E-state index in [2.05, 4.69) is 23.7 Å². The van der Waals surface area contributed by atoms with Gasteiger partial charge in [0, 0.05) is 21.2 Å².